The van der Waals surface area contributed by atoms with Gasteiger partial charge in [-0.05, 0) is 49.8 Å². The third-order valence-electron chi connectivity index (χ3n) is 6.49. The Morgan fingerprint density at radius 2 is 1.53 bits per heavy atom. The maximum absolute atomic E-state index is 12.4. The molecule has 1 aliphatic rings. The fourth-order valence-corrected chi connectivity index (χ4v) is 4.06. The molecule has 184 valence electrons. The van der Waals surface area contributed by atoms with Crippen molar-refractivity contribution in [2.75, 3.05) is 5.32 Å². The van der Waals surface area contributed by atoms with Crippen LogP contribution in [-0.2, 0) is 16.0 Å². The second kappa shape index (κ2) is 14.4. The van der Waals surface area contributed by atoms with Crippen molar-refractivity contribution in [1.29, 1.82) is 0 Å². The highest BCUT2D eigenvalue weighted by molar-refractivity contribution is 5.95. The number of amides is 2. The van der Waals surface area contributed by atoms with Crippen molar-refractivity contribution >= 4 is 23.1 Å². The summed E-state index contributed by atoms with van der Waals surface area (Å²) < 4.78 is 0. The number of carbonyl (C=O) groups is 2. The maximum atomic E-state index is 12.4. The van der Waals surface area contributed by atoms with E-state index in [-0.39, 0.29) is 23.7 Å². The molecule has 2 aromatic carbocycles. The number of hydrogen-bond acceptors (Lipinski definition) is 2. The Labute approximate surface area is 206 Å². The second-order valence-corrected chi connectivity index (χ2v) is 9.56. The molecule has 0 radical (unpaired) electrons. The van der Waals surface area contributed by atoms with Gasteiger partial charge in [0.1, 0.15) is 0 Å². The van der Waals surface area contributed by atoms with Gasteiger partial charge in [0, 0.05) is 29.1 Å². The first-order valence-corrected chi connectivity index (χ1v) is 12.7. The lowest BCUT2D eigenvalue weighted by molar-refractivity contribution is -0.125. The smallest absolute Gasteiger partial charge is 0.227 e. The van der Waals surface area contributed by atoms with Crippen molar-refractivity contribution in [3.63, 3.8) is 0 Å². The van der Waals surface area contributed by atoms with Gasteiger partial charge < -0.3 is 10.6 Å². The molecule has 0 spiro atoms. The van der Waals surface area contributed by atoms with Crippen LogP contribution in [0.25, 0.3) is 5.57 Å². The molecule has 2 N–H and O–H groups in total. The highest BCUT2D eigenvalue weighted by atomic mass is 16.2. The van der Waals surface area contributed by atoms with Crippen LogP contribution in [0.5, 0.6) is 0 Å². The molecule has 2 amide bonds. The van der Waals surface area contributed by atoms with Gasteiger partial charge in [0.05, 0.1) is 0 Å². The molecule has 0 heterocycles. The Kier molecular flexibility index (Phi) is 11.6. The minimum absolute atomic E-state index is 0.0348. The molecule has 0 aromatic heterocycles. The van der Waals surface area contributed by atoms with Crippen LogP contribution in [0.2, 0.25) is 0 Å². The molecule has 2 aromatic rings. The molecule has 1 fully saturated rings. The van der Waals surface area contributed by atoms with Gasteiger partial charge in [0.25, 0.3) is 0 Å². The number of rotatable bonds is 8. The van der Waals surface area contributed by atoms with Crippen molar-refractivity contribution in [3.8, 4) is 0 Å². The van der Waals surface area contributed by atoms with Crippen molar-refractivity contribution in [2.45, 2.75) is 78.7 Å². The van der Waals surface area contributed by atoms with Gasteiger partial charge in [-0.2, -0.15) is 0 Å². The topological polar surface area (TPSA) is 58.2 Å². The number of para-hydroxylation sites is 1. The number of nitrogens with one attached hydrogen (secondary N) is 2. The van der Waals surface area contributed by atoms with Crippen LogP contribution in [0, 0.1) is 11.8 Å². The van der Waals surface area contributed by atoms with E-state index in [0.717, 1.165) is 29.7 Å². The van der Waals surface area contributed by atoms with E-state index in [1.165, 1.54) is 37.7 Å². The normalized spacial score (nSPS) is 15.3. The molecule has 34 heavy (non-hydrogen) atoms. The van der Waals surface area contributed by atoms with Crippen molar-refractivity contribution < 1.29 is 9.59 Å². The fourth-order valence-electron chi connectivity index (χ4n) is 4.06. The summed E-state index contributed by atoms with van der Waals surface area (Å²) in [6, 6.07) is 18.3. The molecule has 0 aliphatic heterocycles. The molecular formula is C30H42N2O2. The molecule has 2 unspecified atom stereocenters. The number of hydrogen-bond donors (Lipinski definition) is 2. The molecule has 4 nitrogen and oxygen atoms in total. The van der Waals surface area contributed by atoms with Gasteiger partial charge in [-0.25, -0.2) is 0 Å². The average molecular weight is 463 g/mol. The van der Waals surface area contributed by atoms with E-state index < -0.39 is 0 Å². The summed E-state index contributed by atoms with van der Waals surface area (Å²) in [5, 5.41) is 6.14. The summed E-state index contributed by atoms with van der Waals surface area (Å²) in [7, 11) is 0. The monoisotopic (exact) mass is 462 g/mol. The molecule has 0 saturated heterocycles. The third kappa shape index (κ3) is 9.17. The summed E-state index contributed by atoms with van der Waals surface area (Å²) in [5.41, 5.74) is 3.93. The minimum Gasteiger partial charge on any atom is -0.353 e. The first-order chi connectivity index (χ1) is 16.3. The van der Waals surface area contributed by atoms with Gasteiger partial charge >= 0.3 is 0 Å². The Hall–Kier alpha value is -2.88. The molecule has 4 heteroatoms. The summed E-state index contributed by atoms with van der Waals surface area (Å²) in [6.45, 7) is 11.9. The second-order valence-electron chi connectivity index (χ2n) is 9.56. The first kappa shape index (κ1) is 27.4. The highest BCUT2D eigenvalue weighted by Gasteiger charge is 2.18. The zero-order valence-corrected chi connectivity index (χ0v) is 21.4. The van der Waals surface area contributed by atoms with E-state index in [0.29, 0.717) is 6.04 Å². The van der Waals surface area contributed by atoms with E-state index in [1.807, 2.05) is 75.4 Å². The molecular weight excluding hydrogens is 420 g/mol. The van der Waals surface area contributed by atoms with Crippen LogP contribution in [0.3, 0.4) is 0 Å². The largest absolute Gasteiger partial charge is 0.353 e. The van der Waals surface area contributed by atoms with Crippen LogP contribution in [0.15, 0.2) is 61.2 Å². The van der Waals surface area contributed by atoms with Crippen molar-refractivity contribution in [1.82, 2.24) is 5.32 Å². The van der Waals surface area contributed by atoms with Gasteiger partial charge in [-0.15, -0.1) is 0 Å². The van der Waals surface area contributed by atoms with Crippen molar-refractivity contribution in [2.24, 2.45) is 11.8 Å². The number of anilines is 1. The summed E-state index contributed by atoms with van der Waals surface area (Å²) >= 11 is 0. The van der Waals surface area contributed by atoms with Crippen molar-refractivity contribution in [3.05, 3.63) is 72.3 Å². The van der Waals surface area contributed by atoms with Crippen LogP contribution in [0.1, 0.15) is 77.3 Å². The SMILES string of the molecule is C=C(C)c1ccccc1NC(=O)C(C)Cc1ccccc1.CCC(C)C(=O)NC1CCCCC1. The lowest BCUT2D eigenvalue weighted by Gasteiger charge is -2.24. The predicted molar refractivity (Wildman–Crippen MR) is 144 cm³/mol. The van der Waals surface area contributed by atoms with Crippen LogP contribution in [-0.4, -0.2) is 17.9 Å². The molecule has 1 aliphatic carbocycles. The zero-order chi connectivity index (χ0) is 24.9. The molecule has 3 rings (SSSR count). The van der Waals surface area contributed by atoms with Gasteiger partial charge in [0.15, 0.2) is 0 Å². The van der Waals surface area contributed by atoms with Crippen LogP contribution in [0.4, 0.5) is 5.69 Å². The molecule has 0 bridgehead atoms. The Balaban J connectivity index is 0.000000270. The lowest BCUT2D eigenvalue weighted by Crippen LogP contribution is -2.39. The predicted octanol–water partition coefficient (Wildman–Crippen LogP) is 7.02. The van der Waals surface area contributed by atoms with E-state index in [2.05, 4.69) is 24.1 Å². The molecule has 1 saturated carbocycles. The third-order valence-corrected chi connectivity index (χ3v) is 6.49. The number of benzene rings is 2. The van der Waals surface area contributed by atoms with Crippen LogP contribution < -0.4 is 10.6 Å². The fraction of sp³-hybridized carbons (Fsp3) is 0.467. The maximum Gasteiger partial charge on any atom is 0.227 e. The van der Waals surface area contributed by atoms with Crippen LogP contribution >= 0.6 is 0 Å². The van der Waals surface area contributed by atoms with E-state index in [9.17, 15) is 9.59 Å². The van der Waals surface area contributed by atoms with E-state index >= 15 is 0 Å². The molecule has 2 atom stereocenters. The van der Waals surface area contributed by atoms with E-state index in [4.69, 9.17) is 0 Å². The average Bonchev–Trinajstić information content (AvgIpc) is 2.85. The lowest BCUT2D eigenvalue weighted by atomic mass is 9.95. The van der Waals surface area contributed by atoms with Gasteiger partial charge in [-0.3, -0.25) is 9.59 Å². The standard InChI is InChI=1S/C19H21NO.C11H21NO/c1-14(2)17-11-7-8-12-18(17)20-19(21)15(3)13-16-9-5-4-6-10-16;1-3-9(2)11(13)12-10-7-5-4-6-8-10/h4-12,15H,1,13H2,2-3H3,(H,20,21);9-10H,3-8H2,1-2H3,(H,12,13). The number of carbonyl (C=O) groups excluding carboxylic acids is 2. The summed E-state index contributed by atoms with van der Waals surface area (Å²) in [4.78, 5) is 23.9. The number of allylic oxidation sites excluding steroid dienone is 1. The van der Waals surface area contributed by atoms with Gasteiger partial charge in [-0.1, -0.05) is 95.1 Å². The van der Waals surface area contributed by atoms with E-state index in [1.54, 1.807) is 0 Å². The summed E-state index contributed by atoms with van der Waals surface area (Å²) in [6.07, 6.45) is 7.96. The zero-order valence-electron chi connectivity index (χ0n) is 21.4. The highest BCUT2D eigenvalue weighted by Crippen LogP contribution is 2.23. The quantitative estimate of drug-likeness (QED) is 0.443. The Bertz CT molecular complexity index is 916. The van der Waals surface area contributed by atoms with Gasteiger partial charge in [0.2, 0.25) is 11.8 Å². The Morgan fingerprint density at radius 1 is 0.912 bits per heavy atom. The Morgan fingerprint density at radius 3 is 2.15 bits per heavy atom. The first-order valence-electron chi connectivity index (χ1n) is 12.7. The summed E-state index contributed by atoms with van der Waals surface area (Å²) in [5.74, 6) is 0.384. The minimum atomic E-state index is -0.0782.